The number of isocyanates is 1. The fourth-order valence-electron chi connectivity index (χ4n) is 2.17. The zero-order valence-electron chi connectivity index (χ0n) is 11.4. The van der Waals surface area contributed by atoms with Crippen molar-refractivity contribution in [1.82, 2.24) is 0 Å². The monoisotopic (exact) mass is 266 g/mol. The minimum atomic E-state index is 0.473. The van der Waals surface area contributed by atoms with Crippen molar-refractivity contribution in [3.8, 4) is 0 Å². The van der Waals surface area contributed by atoms with Gasteiger partial charge in [-0.25, -0.2) is 4.79 Å². The molecule has 0 aliphatic rings. The van der Waals surface area contributed by atoms with Crippen LogP contribution in [0.2, 0.25) is 0 Å². The summed E-state index contributed by atoms with van der Waals surface area (Å²) in [7, 11) is 0. The van der Waals surface area contributed by atoms with E-state index in [2.05, 4.69) is 10.2 Å². The molecule has 0 heterocycles. The topological polar surface area (TPSA) is 58.9 Å². The number of nitrogens with zero attached hydrogens (tertiary/aromatic N) is 2. The summed E-state index contributed by atoms with van der Waals surface area (Å²) in [5.74, 6) is 0. The second-order valence-corrected chi connectivity index (χ2v) is 4.71. The Hall–Kier alpha value is -2.58. The van der Waals surface area contributed by atoms with Gasteiger partial charge in [-0.1, -0.05) is 24.3 Å². The third-order valence-corrected chi connectivity index (χ3v) is 3.20. The van der Waals surface area contributed by atoms with Gasteiger partial charge in [0.2, 0.25) is 6.08 Å². The van der Waals surface area contributed by atoms with E-state index in [9.17, 15) is 9.70 Å². The molecule has 0 unspecified atom stereocenters. The number of nitroso groups, excluding NO2 is 1. The molecule has 0 aromatic heterocycles. The van der Waals surface area contributed by atoms with Crippen molar-refractivity contribution in [3.05, 3.63) is 63.6 Å². The lowest BCUT2D eigenvalue weighted by molar-refractivity contribution is 0.565. The molecule has 0 fully saturated rings. The fourth-order valence-corrected chi connectivity index (χ4v) is 2.17. The van der Waals surface area contributed by atoms with E-state index in [0.29, 0.717) is 11.4 Å². The van der Waals surface area contributed by atoms with Gasteiger partial charge in [0, 0.05) is 0 Å². The molecular formula is C16H14N2O2. The molecule has 4 heteroatoms. The minimum Gasteiger partial charge on any atom is -0.211 e. The second-order valence-electron chi connectivity index (χ2n) is 4.71. The molecule has 2 aromatic rings. The normalized spacial score (nSPS) is 9.90. The smallest absolute Gasteiger partial charge is 0.211 e. The predicted molar refractivity (Wildman–Crippen MR) is 78.4 cm³/mol. The average Bonchev–Trinajstić information content (AvgIpc) is 2.42. The zero-order chi connectivity index (χ0) is 14.5. The highest BCUT2D eigenvalue weighted by atomic mass is 16.3. The molecule has 0 spiro atoms. The highest BCUT2D eigenvalue weighted by molar-refractivity contribution is 5.55. The molecule has 0 radical (unpaired) electrons. The first kappa shape index (κ1) is 13.8. The highest BCUT2D eigenvalue weighted by Gasteiger charge is 2.03. The number of aliphatic imine (C=N–C) groups is 1. The van der Waals surface area contributed by atoms with E-state index >= 15 is 0 Å². The predicted octanol–water partition coefficient (Wildman–Crippen LogP) is 4.26. The summed E-state index contributed by atoms with van der Waals surface area (Å²) in [6.07, 6.45) is 2.30. The Bertz CT molecular complexity index is 702. The number of hydrogen-bond acceptors (Lipinski definition) is 4. The van der Waals surface area contributed by atoms with Crippen molar-refractivity contribution in [2.75, 3.05) is 0 Å². The van der Waals surface area contributed by atoms with E-state index < -0.39 is 0 Å². The Morgan fingerprint density at radius 1 is 0.950 bits per heavy atom. The summed E-state index contributed by atoms with van der Waals surface area (Å²) in [4.78, 5) is 24.5. The van der Waals surface area contributed by atoms with Crippen molar-refractivity contribution in [3.63, 3.8) is 0 Å². The molecule has 0 bridgehead atoms. The van der Waals surface area contributed by atoms with Crippen LogP contribution >= 0.6 is 0 Å². The van der Waals surface area contributed by atoms with Crippen molar-refractivity contribution >= 4 is 17.5 Å². The summed E-state index contributed by atoms with van der Waals surface area (Å²) in [5, 5.41) is 2.97. The lowest BCUT2D eigenvalue weighted by Crippen LogP contribution is -1.90. The van der Waals surface area contributed by atoms with Crippen LogP contribution in [-0.4, -0.2) is 6.08 Å². The Morgan fingerprint density at radius 2 is 1.50 bits per heavy atom. The van der Waals surface area contributed by atoms with Crippen LogP contribution in [0.4, 0.5) is 11.4 Å². The molecule has 20 heavy (non-hydrogen) atoms. The number of aryl methyl sites for hydroxylation is 2. The lowest BCUT2D eigenvalue weighted by atomic mass is 10.0. The molecule has 4 nitrogen and oxygen atoms in total. The van der Waals surface area contributed by atoms with Gasteiger partial charge in [0.15, 0.2) is 0 Å². The van der Waals surface area contributed by atoms with Gasteiger partial charge in [0.25, 0.3) is 0 Å². The number of carbonyl (C=O) groups excluding carboxylic acids is 1. The van der Waals surface area contributed by atoms with Crippen LogP contribution in [0.1, 0.15) is 22.3 Å². The van der Waals surface area contributed by atoms with Gasteiger partial charge in [0.1, 0.15) is 5.69 Å². The molecule has 0 saturated heterocycles. The van der Waals surface area contributed by atoms with E-state index in [1.165, 1.54) is 0 Å². The van der Waals surface area contributed by atoms with Crippen LogP contribution in [0.5, 0.6) is 0 Å². The third kappa shape index (κ3) is 3.05. The SMILES string of the molecule is Cc1cc(Cc2ccc(N=C=O)c(C)c2)ccc1N=O. The molecule has 0 amide bonds. The largest absolute Gasteiger partial charge is 0.240 e. The van der Waals surface area contributed by atoms with Gasteiger partial charge >= 0.3 is 0 Å². The first-order valence-electron chi connectivity index (χ1n) is 6.24. The van der Waals surface area contributed by atoms with Crippen LogP contribution in [0.3, 0.4) is 0 Å². The van der Waals surface area contributed by atoms with E-state index in [0.717, 1.165) is 28.7 Å². The van der Waals surface area contributed by atoms with Crippen molar-refractivity contribution < 1.29 is 4.79 Å². The van der Waals surface area contributed by atoms with Gasteiger partial charge in [-0.15, -0.1) is 4.91 Å². The number of hydrogen-bond donors (Lipinski definition) is 0. The molecule has 100 valence electrons. The second kappa shape index (κ2) is 6.04. The minimum absolute atomic E-state index is 0.473. The Balaban J connectivity index is 2.26. The Kier molecular flexibility index (Phi) is 4.18. The van der Waals surface area contributed by atoms with Gasteiger partial charge in [-0.3, -0.25) is 0 Å². The zero-order valence-corrected chi connectivity index (χ0v) is 11.4. The lowest BCUT2D eigenvalue weighted by Gasteiger charge is -2.06. The summed E-state index contributed by atoms with van der Waals surface area (Å²) < 4.78 is 0. The van der Waals surface area contributed by atoms with Crippen LogP contribution in [0.15, 0.2) is 46.6 Å². The van der Waals surface area contributed by atoms with Crippen molar-refractivity contribution in [2.45, 2.75) is 20.3 Å². The van der Waals surface area contributed by atoms with Gasteiger partial charge in [0.05, 0.1) is 5.69 Å². The highest BCUT2D eigenvalue weighted by Crippen LogP contribution is 2.23. The average molecular weight is 266 g/mol. The maximum Gasteiger partial charge on any atom is 0.240 e. The Labute approximate surface area is 117 Å². The molecule has 0 aliphatic heterocycles. The van der Waals surface area contributed by atoms with Gasteiger partial charge < -0.3 is 0 Å². The molecule has 2 aromatic carbocycles. The maximum absolute atomic E-state index is 10.5. The molecule has 0 atom stereocenters. The standard InChI is InChI=1S/C16H14N2O2/c1-11-7-13(3-5-15(11)17-10-19)9-14-4-6-16(18-20)12(2)8-14/h3-8H,9H2,1-2H3. The van der Waals surface area contributed by atoms with Gasteiger partial charge in [-0.2, -0.15) is 4.99 Å². The van der Waals surface area contributed by atoms with E-state index in [-0.39, 0.29) is 0 Å². The first-order valence-corrected chi connectivity index (χ1v) is 6.24. The maximum atomic E-state index is 10.5. The fraction of sp³-hybridized carbons (Fsp3) is 0.188. The molecule has 0 aliphatic carbocycles. The first-order chi connectivity index (χ1) is 9.63. The number of benzene rings is 2. The van der Waals surface area contributed by atoms with Crippen molar-refractivity contribution in [1.29, 1.82) is 0 Å². The van der Waals surface area contributed by atoms with E-state index in [1.54, 1.807) is 12.1 Å². The molecule has 2 rings (SSSR count). The van der Waals surface area contributed by atoms with E-state index in [4.69, 9.17) is 0 Å². The quantitative estimate of drug-likeness (QED) is 0.471. The van der Waals surface area contributed by atoms with Crippen LogP contribution < -0.4 is 0 Å². The van der Waals surface area contributed by atoms with Crippen molar-refractivity contribution in [2.24, 2.45) is 10.2 Å². The van der Waals surface area contributed by atoms with Crippen LogP contribution in [-0.2, 0) is 11.2 Å². The van der Waals surface area contributed by atoms with Crippen LogP contribution in [0, 0.1) is 18.8 Å². The summed E-state index contributed by atoms with van der Waals surface area (Å²) in [6, 6.07) is 11.3. The summed E-state index contributed by atoms with van der Waals surface area (Å²) >= 11 is 0. The molecule has 0 N–H and O–H groups in total. The van der Waals surface area contributed by atoms with E-state index in [1.807, 2.05) is 44.2 Å². The number of rotatable bonds is 4. The van der Waals surface area contributed by atoms with Gasteiger partial charge in [-0.05, 0) is 59.8 Å². The molecule has 0 saturated carbocycles. The molecular weight excluding hydrogens is 252 g/mol. The third-order valence-electron chi connectivity index (χ3n) is 3.20. The summed E-state index contributed by atoms with van der Waals surface area (Å²) in [6.45, 7) is 3.78. The Morgan fingerprint density at radius 3 is 1.95 bits per heavy atom. The van der Waals surface area contributed by atoms with Crippen LogP contribution in [0.25, 0.3) is 0 Å². The summed E-state index contributed by atoms with van der Waals surface area (Å²) in [5.41, 5.74) is 5.16.